The van der Waals surface area contributed by atoms with Crippen molar-refractivity contribution < 1.29 is 14.6 Å². The van der Waals surface area contributed by atoms with Gasteiger partial charge in [0.25, 0.3) is 0 Å². The molecule has 0 spiro atoms. The molecule has 1 N–H and O–H groups in total. The fraction of sp³-hybridized carbons (Fsp3) is 0.714. The summed E-state index contributed by atoms with van der Waals surface area (Å²) in [6.07, 6.45) is 4.81. The summed E-state index contributed by atoms with van der Waals surface area (Å²) in [6.45, 7) is 7.75. The maximum absolute atomic E-state index is 12.1. The number of carbonyl (C=O) groups is 1. The van der Waals surface area contributed by atoms with E-state index < -0.39 is 5.60 Å². The molecule has 1 aromatic heterocycles. The van der Waals surface area contributed by atoms with Crippen LogP contribution in [0.4, 0.5) is 4.79 Å². The fourth-order valence-electron chi connectivity index (χ4n) is 2.42. The number of amides is 1. The minimum absolute atomic E-state index is 0.171. The smallest absolute Gasteiger partial charge is 0.410 e. The normalized spacial score (nSPS) is 19.9. The first-order valence-corrected chi connectivity index (χ1v) is 7.03. The molecule has 1 saturated heterocycles. The highest BCUT2D eigenvalue weighted by molar-refractivity contribution is 5.68. The van der Waals surface area contributed by atoms with Gasteiger partial charge in [0.2, 0.25) is 0 Å². The summed E-state index contributed by atoms with van der Waals surface area (Å²) in [5, 5.41) is 13.4. The average molecular weight is 281 g/mol. The van der Waals surface area contributed by atoms with Crippen LogP contribution < -0.4 is 0 Å². The second kappa shape index (κ2) is 5.73. The van der Waals surface area contributed by atoms with Gasteiger partial charge in [0, 0.05) is 19.6 Å². The molecule has 1 aliphatic heterocycles. The summed E-state index contributed by atoms with van der Waals surface area (Å²) in [5.41, 5.74) is -0.461. The second-order valence-corrected chi connectivity index (χ2v) is 6.36. The molecule has 1 aliphatic rings. The maximum Gasteiger partial charge on any atom is 0.410 e. The van der Waals surface area contributed by atoms with E-state index >= 15 is 0 Å². The number of likely N-dealkylation sites (tertiary alicyclic amines) is 1. The Labute approximate surface area is 119 Å². The molecule has 0 aliphatic carbocycles. The van der Waals surface area contributed by atoms with Gasteiger partial charge in [-0.3, -0.25) is 4.68 Å². The van der Waals surface area contributed by atoms with E-state index in [0.717, 1.165) is 19.4 Å². The highest BCUT2D eigenvalue weighted by Crippen LogP contribution is 2.21. The third-order valence-corrected chi connectivity index (χ3v) is 3.24. The van der Waals surface area contributed by atoms with Crippen molar-refractivity contribution >= 4 is 6.09 Å². The lowest BCUT2D eigenvalue weighted by Gasteiger charge is -2.34. The summed E-state index contributed by atoms with van der Waals surface area (Å²) in [5.74, 6) is 0.514. The Bertz CT molecular complexity index is 464. The third kappa shape index (κ3) is 4.15. The largest absolute Gasteiger partial charge is 0.505 e. The number of ether oxygens (including phenoxy) is 1. The van der Waals surface area contributed by atoms with Crippen LogP contribution in [-0.4, -0.2) is 44.6 Å². The number of piperidine rings is 1. The highest BCUT2D eigenvalue weighted by Gasteiger charge is 2.27. The zero-order valence-corrected chi connectivity index (χ0v) is 12.4. The van der Waals surface area contributed by atoms with Crippen molar-refractivity contribution in [2.24, 2.45) is 5.92 Å². The molecule has 1 unspecified atom stereocenters. The summed E-state index contributed by atoms with van der Waals surface area (Å²) < 4.78 is 7.13. The number of rotatable bonds is 2. The lowest BCUT2D eigenvalue weighted by Crippen LogP contribution is -2.43. The van der Waals surface area contributed by atoms with Gasteiger partial charge in [-0.05, 0) is 39.5 Å². The Hall–Kier alpha value is -1.72. The number of hydrogen-bond acceptors (Lipinski definition) is 4. The predicted octanol–water partition coefficient (Wildman–Crippen LogP) is 2.24. The number of aromatic hydroxyl groups is 1. The number of aromatic nitrogens is 2. The molecule has 2 heterocycles. The third-order valence-electron chi connectivity index (χ3n) is 3.24. The molecule has 6 heteroatoms. The van der Waals surface area contributed by atoms with Gasteiger partial charge in [0.1, 0.15) is 5.60 Å². The van der Waals surface area contributed by atoms with Crippen molar-refractivity contribution in [3.05, 3.63) is 12.4 Å². The monoisotopic (exact) mass is 281 g/mol. The van der Waals surface area contributed by atoms with Crippen molar-refractivity contribution in [2.75, 3.05) is 13.1 Å². The number of hydrogen-bond donors (Lipinski definition) is 1. The van der Waals surface area contributed by atoms with Crippen LogP contribution in [-0.2, 0) is 11.3 Å². The zero-order valence-electron chi connectivity index (χ0n) is 12.4. The fourth-order valence-corrected chi connectivity index (χ4v) is 2.42. The Balaban J connectivity index is 1.90. The molecule has 2 rings (SSSR count). The van der Waals surface area contributed by atoms with Crippen molar-refractivity contribution in [2.45, 2.75) is 45.8 Å². The lowest BCUT2D eigenvalue weighted by atomic mass is 9.98. The predicted molar refractivity (Wildman–Crippen MR) is 74.4 cm³/mol. The van der Waals surface area contributed by atoms with Gasteiger partial charge < -0.3 is 14.7 Å². The minimum Gasteiger partial charge on any atom is -0.505 e. The summed E-state index contributed by atoms with van der Waals surface area (Å²) in [7, 11) is 0. The van der Waals surface area contributed by atoms with Gasteiger partial charge in [-0.2, -0.15) is 5.10 Å². The Morgan fingerprint density at radius 1 is 1.55 bits per heavy atom. The molecule has 1 fully saturated rings. The van der Waals surface area contributed by atoms with Crippen molar-refractivity contribution in [3.63, 3.8) is 0 Å². The Morgan fingerprint density at radius 3 is 2.90 bits per heavy atom. The molecular formula is C14H23N3O3. The van der Waals surface area contributed by atoms with E-state index in [0.29, 0.717) is 19.0 Å². The first-order valence-electron chi connectivity index (χ1n) is 7.03. The van der Waals surface area contributed by atoms with Gasteiger partial charge in [-0.25, -0.2) is 4.79 Å². The van der Waals surface area contributed by atoms with E-state index in [-0.39, 0.29) is 11.8 Å². The molecule has 1 amide bonds. The molecular weight excluding hydrogens is 258 g/mol. The molecule has 1 atom stereocenters. The van der Waals surface area contributed by atoms with E-state index in [1.807, 2.05) is 20.8 Å². The molecule has 112 valence electrons. The molecule has 20 heavy (non-hydrogen) atoms. The van der Waals surface area contributed by atoms with E-state index in [4.69, 9.17) is 4.74 Å². The minimum atomic E-state index is -0.461. The molecule has 6 nitrogen and oxygen atoms in total. The summed E-state index contributed by atoms with van der Waals surface area (Å²) in [4.78, 5) is 13.8. The average Bonchev–Trinajstić information content (AvgIpc) is 2.73. The number of carbonyl (C=O) groups excluding carboxylic acids is 1. The SMILES string of the molecule is CC(C)(C)OC(=O)N1CCCC(Cn2cc(O)cn2)C1. The van der Waals surface area contributed by atoms with E-state index in [1.165, 1.54) is 6.20 Å². The van der Waals surface area contributed by atoms with E-state index in [9.17, 15) is 9.90 Å². The Kier molecular flexibility index (Phi) is 4.20. The van der Waals surface area contributed by atoms with Gasteiger partial charge in [0.15, 0.2) is 5.75 Å². The van der Waals surface area contributed by atoms with Crippen LogP contribution in [0.2, 0.25) is 0 Å². The van der Waals surface area contributed by atoms with Crippen LogP contribution >= 0.6 is 0 Å². The van der Waals surface area contributed by atoms with Gasteiger partial charge in [0.05, 0.1) is 12.4 Å². The first kappa shape index (κ1) is 14.7. The quantitative estimate of drug-likeness (QED) is 0.902. The van der Waals surface area contributed by atoms with Gasteiger partial charge in [-0.15, -0.1) is 0 Å². The topological polar surface area (TPSA) is 67.6 Å². The molecule has 0 bridgehead atoms. The highest BCUT2D eigenvalue weighted by atomic mass is 16.6. The van der Waals surface area contributed by atoms with Crippen LogP contribution in [0.25, 0.3) is 0 Å². The van der Waals surface area contributed by atoms with E-state index in [2.05, 4.69) is 5.10 Å². The molecule has 0 radical (unpaired) electrons. The number of nitrogens with zero attached hydrogens (tertiary/aromatic N) is 3. The summed E-state index contributed by atoms with van der Waals surface area (Å²) >= 11 is 0. The Morgan fingerprint density at radius 2 is 2.30 bits per heavy atom. The summed E-state index contributed by atoms with van der Waals surface area (Å²) in [6, 6.07) is 0. The van der Waals surface area contributed by atoms with Crippen LogP contribution in [0.15, 0.2) is 12.4 Å². The second-order valence-electron chi connectivity index (χ2n) is 6.36. The maximum atomic E-state index is 12.1. The van der Waals surface area contributed by atoms with E-state index in [1.54, 1.807) is 15.8 Å². The molecule has 1 aromatic rings. The van der Waals surface area contributed by atoms with Crippen molar-refractivity contribution in [3.8, 4) is 5.75 Å². The first-order chi connectivity index (χ1) is 9.33. The van der Waals surface area contributed by atoms with Crippen molar-refractivity contribution in [1.29, 1.82) is 0 Å². The standard InChI is InChI=1S/C14H23N3O3/c1-14(2,3)20-13(19)16-6-4-5-11(8-16)9-17-10-12(18)7-15-17/h7,10-11,18H,4-6,8-9H2,1-3H3. The van der Waals surface area contributed by atoms with Crippen LogP contribution in [0.3, 0.4) is 0 Å². The zero-order chi connectivity index (χ0) is 14.8. The van der Waals surface area contributed by atoms with Gasteiger partial charge >= 0.3 is 6.09 Å². The van der Waals surface area contributed by atoms with Crippen molar-refractivity contribution in [1.82, 2.24) is 14.7 Å². The molecule has 0 saturated carbocycles. The molecule has 0 aromatic carbocycles. The van der Waals surface area contributed by atoms with Crippen LogP contribution in [0.1, 0.15) is 33.6 Å². The van der Waals surface area contributed by atoms with Gasteiger partial charge in [-0.1, -0.05) is 0 Å². The van der Waals surface area contributed by atoms with Crippen LogP contribution in [0, 0.1) is 5.92 Å². The lowest BCUT2D eigenvalue weighted by molar-refractivity contribution is 0.0155. The van der Waals surface area contributed by atoms with Crippen LogP contribution in [0.5, 0.6) is 5.75 Å².